The molecular weight excluding hydrogens is 359 g/mol. The van der Waals surface area contributed by atoms with Gasteiger partial charge in [-0.1, -0.05) is 43.2 Å². The van der Waals surface area contributed by atoms with Gasteiger partial charge in [-0.2, -0.15) is 0 Å². The third-order valence-corrected chi connectivity index (χ3v) is 6.78. The van der Waals surface area contributed by atoms with E-state index in [0.717, 1.165) is 36.2 Å². The summed E-state index contributed by atoms with van der Waals surface area (Å²) < 4.78 is 19.3. The molecule has 1 saturated carbocycles. The zero-order chi connectivity index (χ0) is 19.2. The van der Waals surface area contributed by atoms with E-state index in [0.29, 0.717) is 0 Å². The van der Waals surface area contributed by atoms with E-state index >= 15 is 0 Å². The van der Waals surface area contributed by atoms with Crippen molar-refractivity contribution in [2.75, 3.05) is 7.11 Å². The minimum absolute atomic E-state index is 0.193. The summed E-state index contributed by atoms with van der Waals surface area (Å²) in [7, 11) is 1.47. The SMILES string of the molecule is CCCC=CC1CCC(C2CC=C(c3ccc(OC)c(F)c3Cl)CC2)CC1. The Bertz CT molecular complexity index is 686. The van der Waals surface area contributed by atoms with Gasteiger partial charge in [-0.25, -0.2) is 4.39 Å². The zero-order valence-electron chi connectivity index (χ0n) is 16.6. The van der Waals surface area contributed by atoms with Crippen molar-refractivity contribution in [2.24, 2.45) is 17.8 Å². The summed E-state index contributed by atoms with van der Waals surface area (Å²) in [5, 5.41) is 0.193. The fourth-order valence-electron chi connectivity index (χ4n) is 4.73. The molecule has 3 heteroatoms. The van der Waals surface area contributed by atoms with E-state index in [4.69, 9.17) is 16.3 Å². The van der Waals surface area contributed by atoms with Crippen molar-refractivity contribution in [3.8, 4) is 5.75 Å². The highest BCUT2D eigenvalue weighted by Gasteiger charge is 2.28. The molecule has 148 valence electrons. The lowest BCUT2D eigenvalue weighted by Gasteiger charge is -2.35. The van der Waals surface area contributed by atoms with E-state index < -0.39 is 5.82 Å². The van der Waals surface area contributed by atoms with Crippen LogP contribution in [0.4, 0.5) is 4.39 Å². The third kappa shape index (κ3) is 4.96. The minimum Gasteiger partial charge on any atom is -0.494 e. The highest BCUT2D eigenvalue weighted by atomic mass is 35.5. The van der Waals surface area contributed by atoms with Gasteiger partial charge in [0.05, 0.1) is 12.1 Å². The number of allylic oxidation sites excluding steroid dienone is 4. The molecule has 0 radical (unpaired) electrons. The van der Waals surface area contributed by atoms with Gasteiger partial charge in [0.1, 0.15) is 0 Å². The maximum absolute atomic E-state index is 14.2. The molecule has 3 rings (SSSR count). The molecule has 1 aromatic carbocycles. The van der Waals surface area contributed by atoms with Crippen molar-refractivity contribution in [3.63, 3.8) is 0 Å². The third-order valence-electron chi connectivity index (χ3n) is 6.41. The quantitative estimate of drug-likeness (QED) is 0.449. The van der Waals surface area contributed by atoms with Gasteiger partial charge in [-0.3, -0.25) is 0 Å². The Morgan fingerprint density at radius 2 is 1.93 bits per heavy atom. The Morgan fingerprint density at radius 3 is 2.56 bits per heavy atom. The molecule has 1 nitrogen and oxygen atoms in total. The first-order chi connectivity index (χ1) is 13.1. The Labute approximate surface area is 168 Å². The van der Waals surface area contributed by atoms with Crippen LogP contribution < -0.4 is 4.74 Å². The van der Waals surface area contributed by atoms with Crippen molar-refractivity contribution in [2.45, 2.75) is 64.7 Å². The molecule has 27 heavy (non-hydrogen) atoms. The number of hydrogen-bond donors (Lipinski definition) is 0. The van der Waals surface area contributed by atoms with E-state index in [2.05, 4.69) is 25.2 Å². The molecule has 1 atom stereocenters. The monoisotopic (exact) mass is 390 g/mol. The lowest BCUT2D eigenvalue weighted by Crippen LogP contribution is -2.22. The van der Waals surface area contributed by atoms with Crippen molar-refractivity contribution < 1.29 is 9.13 Å². The van der Waals surface area contributed by atoms with Crippen LogP contribution in [0.5, 0.6) is 5.75 Å². The van der Waals surface area contributed by atoms with Gasteiger partial charge in [0.15, 0.2) is 11.6 Å². The van der Waals surface area contributed by atoms with Crippen molar-refractivity contribution >= 4 is 17.2 Å². The molecule has 0 bridgehead atoms. The Morgan fingerprint density at radius 1 is 1.15 bits per heavy atom. The van der Waals surface area contributed by atoms with Crippen molar-refractivity contribution in [1.82, 2.24) is 0 Å². The van der Waals surface area contributed by atoms with Crippen LogP contribution in [0.3, 0.4) is 0 Å². The molecular formula is C24H32ClFO. The highest BCUT2D eigenvalue weighted by molar-refractivity contribution is 6.32. The van der Waals surface area contributed by atoms with Crippen LogP contribution in [0, 0.1) is 23.6 Å². The average molecular weight is 391 g/mol. The fourth-order valence-corrected chi connectivity index (χ4v) is 5.01. The van der Waals surface area contributed by atoms with Crippen LogP contribution in [-0.2, 0) is 0 Å². The summed E-state index contributed by atoms with van der Waals surface area (Å²) >= 11 is 6.26. The molecule has 0 spiro atoms. The maximum Gasteiger partial charge on any atom is 0.184 e. The number of rotatable bonds is 6. The van der Waals surface area contributed by atoms with Gasteiger partial charge in [0, 0.05) is 0 Å². The first-order valence-corrected chi connectivity index (χ1v) is 10.9. The normalized spacial score (nSPS) is 26.2. The summed E-state index contributed by atoms with van der Waals surface area (Å²) in [5.74, 6) is 2.18. The topological polar surface area (TPSA) is 9.23 Å². The minimum atomic E-state index is -0.450. The standard InChI is InChI=1S/C24H32ClFO/c1-3-4-5-6-17-7-9-18(10-8-17)19-11-13-20(14-12-19)21-15-16-22(27-2)24(26)23(21)25/h5-6,13,15-19H,3-4,7-12,14H2,1-2H3. The number of methoxy groups -OCH3 is 1. The predicted molar refractivity (Wildman–Crippen MR) is 113 cm³/mol. The van der Waals surface area contributed by atoms with Crippen LogP contribution in [0.2, 0.25) is 5.02 Å². The molecule has 0 saturated heterocycles. The van der Waals surface area contributed by atoms with E-state index in [-0.39, 0.29) is 10.8 Å². The zero-order valence-corrected chi connectivity index (χ0v) is 17.4. The van der Waals surface area contributed by atoms with E-state index in [1.807, 2.05) is 6.07 Å². The molecule has 0 N–H and O–H groups in total. The first-order valence-electron chi connectivity index (χ1n) is 10.5. The summed E-state index contributed by atoms with van der Waals surface area (Å²) in [6.07, 6.45) is 18.3. The smallest absolute Gasteiger partial charge is 0.184 e. The lowest BCUT2D eigenvalue weighted by molar-refractivity contribution is 0.212. The van der Waals surface area contributed by atoms with Gasteiger partial charge in [0.25, 0.3) is 0 Å². The molecule has 0 amide bonds. The Kier molecular flexibility index (Phi) is 7.41. The molecule has 1 unspecified atom stereocenters. The molecule has 2 aliphatic rings. The van der Waals surface area contributed by atoms with Gasteiger partial charge >= 0.3 is 0 Å². The van der Waals surface area contributed by atoms with E-state index in [1.54, 1.807) is 6.07 Å². The highest BCUT2D eigenvalue weighted by Crippen LogP contribution is 2.43. The van der Waals surface area contributed by atoms with Crippen LogP contribution in [0.15, 0.2) is 30.4 Å². The number of hydrogen-bond acceptors (Lipinski definition) is 1. The Balaban J connectivity index is 1.57. The Hall–Kier alpha value is -1.28. The van der Waals surface area contributed by atoms with Crippen LogP contribution in [-0.4, -0.2) is 7.11 Å². The van der Waals surface area contributed by atoms with E-state index in [1.165, 1.54) is 57.6 Å². The number of unbranched alkanes of at least 4 members (excludes halogenated alkanes) is 1. The van der Waals surface area contributed by atoms with E-state index in [9.17, 15) is 4.39 Å². The second kappa shape index (κ2) is 9.78. The summed E-state index contributed by atoms with van der Waals surface area (Å²) in [6.45, 7) is 2.24. The van der Waals surface area contributed by atoms with Crippen molar-refractivity contribution in [1.29, 1.82) is 0 Å². The van der Waals surface area contributed by atoms with Crippen LogP contribution in [0.25, 0.3) is 5.57 Å². The molecule has 0 aromatic heterocycles. The lowest BCUT2D eigenvalue weighted by atomic mass is 9.71. The summed E-state index contributed by atoms with van der Waals surface area (Å²) in [6, 6.07) is 3.57. The molecule has 1 aromatic rings. The molecule has 0 aliphatic heterocycles. The van der Waals surface area contributed by atoms with Crippen molar-refractivity contribution in [3.05, 3.63) is 46.8 Å². The largest absolute Gasteiger partial charge is 0.494 e. The average Bonchev–Trinajstić information content (AvgIpc) is 2.71. The van der Waals surface area contributed by atoms with Crippen LogP contribution in [0.1, 0.15) is 70.3 Å². The number of benzene rings is 1. The predicted octanol–water partition coefficient (Wildman–Crippen LogP) is 7.83. The van der Waals surface area contributed by atoms with Gasteiger partial charge < -0.3 is 4.74 Å². The van der Waals surface area contributed by atoms with Crippen LogP contribution >= 0.6 is 11.6 Å². The summed E-state index contributed by atoms with van der Waals surface area (Å²) in [4.78, 5) is 0. The van der Waals surface area contributed by atoms with Gasteiger partial charge in [-0.15, -0.1) is 0 Å². The molecule has 1 fully saturated rings. The van der Waals surface area contributed by atoms with Gasteiger partial charge in [0.2, 0.25) is 0 Å². The fraction of sp³-hybridized carbons (Fsp3) is 0.583. The summed E-state index contributed by atoms with van der Waals surface area (Å²) in [5.41, 5.74) is 2.02. The molecule has 0 heterocycles. The maximum atomic E-state index is 14.2. The second-order valence-corrected chi connectivity index (χ2v) is 8.48. The number of halogens is 2. The van der Waals surface area contributed by atoms with Gasteiger partial charge in [-0.05, 0) is 92.4 Å². The second-order valence-electron chi connectivity index (χ2n) is 8.10. The first kappa shape index (κ1) is 20.5. The number of ether oxygens (including phenoxy) is 1. The molecule has 2 aliphatic carbocycles.